The monoisotopic (exact) mass is 340 g/mol. The number of nitriles is 1. The van der Waals surface area contributed by atoms with Crippen LogP contribution in [0.2, 0.25) is 0 Å². The molecule has 2 aromatic rings. The molecule has 1 aliphatic rings. The van der Waals surface area contributed by atoms with Gasteiger partial charge in [0.15, 0.2) is 0 Å². The second kappa shape index (κ2) is 8.06. The first kappa shape index (κ1) is 17.3. The third kappa shape index (κ3) is 4.13. The average molecular weight is 340 g/mol. The third-order valence-corrected chi connectivity index (χ3v) is 4.57. The van der Waals surface area contributed by atoms with E-state index in [1.807, 2.05) is 0 Å². The first-order valence-corrected chi connectivity index (χ1v) is 8.40. The molecule has 1 unspecified atom stereocenters. The minimum atomic E-state index is -0.236. The number of pyridine rings is 1. The van der Waals surface area contributed by atoms with Gasteiger partial charge in [-0.15, -0.1) is 0 Å². The zero-order chi connectivity index (χ0) is 17.6. The molecule has 6 heteroatoms. The van der Waals surface area contributed by atoms with Crippen molar-refractivity contribution < 1.29 is 9.50 Å². The van der Waals surface area contributed by atoms with Crippen LogP contribution in [0.3, 0.4) is 0 Å². The Hall–Kier alpha value is -2.49. The molecule has 130 valence electrons. The molecule has 1 saturated heterocycles. The fourth-order valence-corrected chi connectivity index (χ4v) is 3.28. The van der Waals surface area contributed by atoms with E-state index >= 15 is 0 Å². The lowest BCUT2D eigenvalue weighted by atomic mass is 10.1. The highest BCUT2D eigenvalue weighted by atomic mass is 19.1. The predicted molar refractivity (Wildman–Crippen MR) is 93.5 cm³/mol. The summed E-state index contributed by atoms with van der Waals surface area (Å²) in [6, 6.07) is 12.4. The van der Waals surface area contributed by atoms with E-state index in [0.717, 1.165) is 18.7 Å². The Morgan fingerprint density at radius 2 is 2.04 bits per heavy atom. The van der Waals surface area contributed by atoms with Gasteiger partial charge in [0.1, 0.15) is 17.7 Å². The van der Waals surface area contributed by atoms with Crippen LogP contribution < -0.4 is 4.90 Å². The molecule has 0 bridgehead atoms. The van der Waals surface area contributed by atoms with Crippen LogP contribution in [-0.2, 0) is 6.54 Å². The fourth-order valence-electron chi connectivity index (χ4n) is 3.28. The molecule has 5 nitrogen and oxygen atoms in total. The number of nitrogens with zero attached hydrogens (tertiary/aromatic N) is 4. The molecule has 1 aromatic heterocycles. The van der Waals surface area contributed by atoms with Crippen LogP contribution in [0.5, 0.6) is 0 Å². The highest BCUT2D eigenvalue weighted by Gasteiger charge is 2.28. The van der Waals surface area contributed by atoms with Crippen LogP contribution in [0.1, 0.15) is 17.5 Å². The van der Waals surface area contributed by atoms with Gasteiger partial charge in [-0.2, -0.15) is 5.26 Å². The Bertz CT molecular complexity index is 744. The minimum absolute atomic E-state index is 0.103. The Morgan fingerprint density at radius 1 is 1.24 bits per heavy atom. The summed E-state index contributed by atoms with van der Waals surface area (Å²) < 4.78 is 13.1. The maximum absolute atomic E-state index is 13.1. The lowest BCUT2D eigenvalue weighted by Crippen LogP contribution is -2.53. The Kier molecular flexibility index (Phi) is 5.59. The Labute approximate surface area is 146 Å². The molecule has 0 amide bonds. The van der Waals surface area contributed by atoms with Crippen LogP contribution in [0.4, 0.5) is 10.2 Å². The average Bonchev–Trinajstić information content (AvgIpc) is 2.65. The van der Waals surface area contributed by atoms with Crippen LogP contribution in [0.25, 0.3) is 0 Å². The van der Waals surface area contributed by atoms with Crippen molar-refractivity contribution in [3.63, 3.8) is 0 Å². The quantitative estimate of drug-likeness (QED) is 0.904. The summed E-state index contributed by atoms with van der Waals surface area (Å²) in [6.45, 7) is 3.07. The number of hydrogen-bond acceptors (Lipinski definition) is 5. The van der Waals surface area contributed by atoms with Crippen molar-refractivity contribution in [3.05, 3.63) is 59.5 Å². The molecule has 2 heterocycles. The van der Waals surface area contributed by atoms with Crippen LogP contribution >= 0.6 is 0 Å². The lowest BCUT2D eigenvalue weighted by molar-refractivity contribution is 0.135. The largest absolute Gasteiger partial charge is 0.396 e. The first-order valence-electron chi connectivity index (χ1n) is 8.40. The molecule has 1 aliphatic heterocycles. The van der Waals surface area contributed by atoms with Crippen LogP contribution in [0.15, 0.2) is 42.6 Å². The van der Waals surface area contributed by atoms with Crippen molar-refractivity contribution in [3.8, 4) is 6.07 Å². The van der Waals surface area contributed by atoms with Crippen molar-refractivity contribution in [1.82, 2.24) is 9.88 Å². The number of anilines is 1. The van der Waals surface area contributed by atoms with Gasteiger partial charge in [0.2, 0.25) is 0 Å². The van der Waals surface area contributed by atoms with Crippen molar-refractivity contribution in [2.45, 2.75) is 19.0 Å². The molecule has 1 atom stereocenters. The number of aromatic nitrogens is 1. The van der Waals surface area contributed by atoms with E-state index < -0.39 is 0 Å². The number of aliphatic hydroxyl groups excluding tert-OH is 1. The molecule has 0 radical (unpaired) electrons. The number of halogens is 1. The highest BCUT2D eigenvalue weighted by molar-refractivity contribution is 5.53. The summed E-state index contributed by atoms with van der Waals surface area (Å²) in [4.78, 5) is 8.78. The fraction of sp³-hybridized carbons (Fsp3) is 0.368. The van der Waals surface area contributed by atoms with Crippen molar-refractivity contribution in [2.75, 3.05) is 31.1 Å². The zero-order valence-electron chi connectivity index (χ0n) is 14.0. The summed E-state index contributed by atoms with van der Waals surface area (Å²) in [5, 5.41) is 18.7. The summed E-state index contributed by atoms with van der Waals surface area (Å²) >= 11 is 0. The molecule has 1 N–H and O–H groups in total. The van der Waals surface area contributed by atoms with Gasteiger partial charge in [-0.1, -0.05) is 12.1 Å². The predicted octanol–water partition coefficient (Wildman–Crippen LogP) is 2.17. The Morgan fingerprint density at radius 3 is 2.76 bits per heavy atom. The summed E-state index contributed by atoms with van der Waals surface area (Å²) in [6.07, 6.45) is 2.34. The van der Waals surface area contributed by atoms with E-state index in [2.05, 4.69) is 20.9 Å². The van der Waals surface area contributed by atoms with E-state index in [0.29, 0.717) is 30.9 Å². The van der Waals surface area contributed by atoms with E-state index in [4.69, 9.17) is 0 Å². The number of benzene rings is 1. The van der Waals surface area contributed by atoms with Gasteiger partial charge in [-0.05, 0) is 36.2 Å². The molecule has 3 rings (SSSR count). The van der Waals surface area contributed by atoms with Gasteiger partial charge in [-0.3, -0.25) is 4.90 Å². The smallest absolute Gasteiger partial charge is 0.146 e. The van der Waals surface area contributed by atoms with E-state index in [9.17, 15) is 14.8 Å². The summed E-state index contributed by atoms with van der Waals surface area (Å²) in [7, 11) is 0. The van der Waals surface area contributed by atoms with E-state index in [-0.39, 0.29) is 18.5 Å². The second-order valence-corrected chi connectivity index (χ2v) is 6.20. The molecule has 0 aliphatic carbocycles. The lowest BCUT2D eigenvalue weighted by Gasteiger charge is -2.42. The summed E-state index contributed by atoms with van der Waals surface area (Å²) in [5.74, 6) is 0.467. The van der Waals surface area contributed by atoms with Gasteiger partial charge in [0, 0.05) is 45.0 Å². The standard InChI is InChI=1S/C19H21FN4O/c20-17-5-3-15(4-6-17)13-23-9-10-24(14-18(23)7-11-25)19-16(12-21)2-1-8-22-19/h1-6,8,18,25H,7,9-11,13-14H2. The summed E-state index contributed by atoms with van der Waals surface area (Å²) in [5.41, 5.74) is 1.62. The van der Waals surface area contributed by atoms with Gasteiger partial charge in [0.05, 0.1) is 5.56 Å². The molecular weight excluding hydrogens is 319 g/mol. The van der Waals surface area contributed by atoms with Gasteiger partial charge < -0.3 is 10.0 Å². The van der Waals surface area contributed by atoms with E-state index in [1.165, 1.54) is 12.1 Å². The maximum Gasteiger partial charge on any atom is 0.146 e. The minimum Gasteiger partial charge on any atom is -0.396 e. The van der Waals surface area contributed by atoms with Crippen molar-refractivity contribution in [2.24, 2.45) is 0 Å². The van der Waals surface area contributed by atoms with Crippen molar-refractivity contribution >= 4 is 5.82 Å². The van der Waals surface area contributed by atoms with Gasteiger partial charge in [0.25, 0.3) is 0 Å². The van der Waals surface area contributed by atoms with E-state index in [1.54, 1.807) is 30.5 Å². The first-order chi connectivity index (χ1) is 12.2. The van der Waals surface area contributed by atoms with Crippen LogP contribution in [0, 0.1) is 17.1 Å². The zero-order valence-corrected chi connectivity index (χ0v) is 14.0. The second-order valence-electron chi connectivity index (χ2n) is 6.20. The number of hydrogen-bond donors (Lipinski definition) is 1. The molecular formula is C19H21FN4O. The van der Waals surface area contributed by atoms with Gasteiger partial charge >= 0.3 is 0 Å². The third-order valence-electron chi connectivity index (χ3n) is 4.57. The molecule has 0 saturated carbocycles. The topological polar surface area (TPSA) is 63.4 Å². The van der Waals surface area contributed by atoms with Crippen molar-refractivity contribution in [1.29, 1.82) is 5.26 Å². The molecule has 1 fully saturated rings. The normalized spacial score (nSPS) is 18.1. The number of piperazine rings is 1. The molecule has 0 spiro atoms. The van der Waals surface area contributed by atoms with Crippen LogP contribution in [-0.4, -0.2) is 47.3 Å². The molecule has 25 heavy (non-hydrogen) atoms. The number of rotatable bonds is 5. The maximum atomic E-state index is 13.1. The molecule has 1 aromatic carbocycles. The highest BCUT2D eigenvalue weighted by Crippen LogP contribution is 2.23. The Balaban J connectivity index is 1.74. The SMILES string of the molecule is N#Cc1cccnc1N1CCN(Cc2ccc(F)cc2)C(CCO)C1. The van der Waals surface area contributed by atoms with Gasteiger partial charge in [-0.25, -0.2) is 9.37 Å². The number of aliphatic hydroxyl groups is 1.